The first-order chi connectivity index (χ1) is 7.70. The number of halogens is 1. The highest BCUT2D eigenvalue weighted by Gasteiger charge is 2.22. The van der Waals surface area contributed by atoms with Crippen LogP contribution in [0.5, 0.6) is 5.75 Å². The summed E-state index contributed by atoms with van der Waals surface area (Å²) in [6, 6.07) is 5.56. The number of benzene rings is 1. The topological polar surface area (TPSA) is 26.3 Å². The first-order valence-electron chi connectivity index (χ1n) is 5.57. The molecule has 0 saturated heterocycles. The van der Waals surface area contributed by atoms with Gasteiger partial charge < -0.3 is 4.74 Å². The minimum atomic E-state index is 0.203. The Morgan fingerprint density at radius 2 is 2.25 bits per heavy atom. The van der Waals surface area contributed by atoms with Crippen molar-refractivity contribution in [2.24, 2.45) is 5.92 Å². The minimum absolute atomic E-state index is 0.203. The van der Waals surface area contributed by atoms with Crippen molar-refractivity contribution in [2.45, 2.75) is 25.7 Å². The molecule has 0 atom stereocenters. The normalized spacial score (nSPS) is 15.6. The molecule has 0 radical (unpaired) electrons. The second-order valence-corrected chi connectivity index (χ2v) is 5.18. The van der Waals surface area contributed by atoms with Gasteiger partial charge >= 0.3 is 0 Å². The third-order valence-electron chi connectivity index (χ3n) is 3.16. The van der Waals surface area contributed by atoms with Crippen LogP contribution >= 0.6 is 15.9 Å². The van der Waals surface area contributed by atoms with E-state index in [0.717, 1.165) is 4.47 Å². The number of Topliss-reactive ketones (excluding diaryl/α,β-unsaturated/α-hetero) is 1. The van der Waals surface area contributed by atoms with E-state index in [1.54, 1.807) is 7.11 Å². The summed E-state index contributed by atoms with van der Waals surface area (Å²) >= 11 is 3.37. The third-order valence-corrected chi connectivity index (χ3v) is 3.66. The number of methoxy groups -OCH3 is 1. The number of carbonyl (C=O) groups excluding carboxylic acids is 1. The van der Waals surface area contributed by atoms with E-state index in [1.807, 2.05) is 18.2 Å². The van der Waals surface area contributed by atoms with E-state index in [1.165, 1.54) is 19.3 Å². The Balaban J connectivity index is 2.14. The van der Waals surface area contributed by atoms with Gasteiger partial charge in [0.1, 0.15) is 5.75 Å². The molecule has 1 aliphatic carbocycles. The summed E-state index contributed by atoms with van der Waals surface area (Å²) in [6.45, 7) is 0. The van der Waals surface area contributed by atoms with E-state index < -0.39 is 0 Å². The van der Waals surface area contributed by atoms with Crippen molar-refractivity contribution in [3.63, 3.8) is 0 Å². The fraction of sp³-hybridized carbons (Fsp3) is 0.462. The molecule has 2 rings (SSSR count). The second kappa shape index (κ2) is 5.00. The van der Waals surface area contributed by atoms with Crippen molar-refractivity contribution < 1.29 is 9.53 Å². The van der Waals surface area contributed by atoms with Gasteiger partial charge in [0.25, 0.3) is 0 Å². The Labute approximate surface area is 104 Å². The number of ether oxygens (including phenoxy) is 1. The van der Waals surface area contributed by atoms with Crippen LogP contribution in [-0.2, 0) is 0 Å². The number of hydrogen-bond acceptors (Lipinski definition) is 2. The van der Waals surface area contributed by atoms with Crippen molar-refractivity contribution in [3.8, 4) is 5.75 Å². The second-order valence-electron chi connectivity index (χ2n) is 4.27. The molecule has 1 aromatic rings. The lowest BCUT2D eigenvalue weighted by molar-refractivity contribution is 0.0933. The molecular formula is C13H15BrO2. The van der Waals surface area contributed by atoms with Crippen LogP contribution in [0.2, 0.25) is 0 Å². The van der Waals surface area contributed by atoms with E-state index >= 15 is 0 Å². The highest BCUT2D eigenvalue weighted by molar-refractivity contribution is 9.10. The van der Waals surface area contributed by atoms with Gasteiger partial charge in [-0.05, 0) is 24.1 Å². The average molecular weight is 283 g/mol. The van der Waals surface area contributed by atoms with Gasteiger partial charge in [0, 0.05) is 10.9 Å². The van der Waals surface area contributed by atoms with Gasteiger partial charge in [-0.3, -0.25) is 4.79 Å². The summed E-state index contributed by atoms with van der Waals surface area (Å²) in [5.74, 6) is 1.47. The number of carbonyl (C=O) groups is 1. The predicted octanol–water partition coefficient (Wildman–Crippen LogP) is 3.83. The Bertz CT molecular complexity index is 397. The molecule has 1 aliphatic rings. The quantitative estimate of drug-likeness (QED) is 0.785. The molecule has 0 aromatic heterocycles. The van der Waals surface area contributed by atoms with Gasteiger partial charge in [0.2, 0.25) is 0 Å². The van der Waals surface area contributed by atoms with Crippen LogP contribution in [0, 0.1) is 5.92 Å². The molecule has 0 unspecified atom stereocenters. The molecule has 1 aromatic carbocycles. The molecule has 1 saturated carbocycles. The molecule has 2 nitrogen and oxygen atoms in total. The summed E-state index contributed by atoms with van der Waals surface area (Å²) in [7, 11) is 1.60. The molecule has 16 heavy (non-hydrogen) atoms. The third kappa shape index (κ3) is 2.46. The molecule has 3 heteroatoms. The highest BCUT2D eigenvalue weighted by atomic mass is 79.9. The van der Waals surface area contributed by atoms with E-state index in [9.17, 15) is 4.79 Å². The predicted molar refractivity (Wildman–Crippen MR) is 67.0 cm³/mol. The van der Waals surface area contributed by atoms with E-state index in [4.69, 9.17) is 4.74 Å². The van der Waals surface area contributed by atoms with Crippen LogP contribution in [0.4, 0.5) is 0 Å². The molecule has 0 heterocycles. The largest absolute Gasteiger partial charge is 0.496 e. The van der Waals surface area contributed by atoms with Gasteiger partial charge in [0.05, 0.1) is 12.7 Å². The zero-order chi connectivity index (χ0) is 11.5. The van der Waals surface area contributed by atoms with E-state index in [-0.39, 0.29) is 5.78 Å². The lowest BCUT2D eigenvalue weighted by atomic mass is 9.81. The summed E-state index contributed by atoms with van der Waals surface area (Å²) < 4.78 is 6.16. The van der Waals surface area contributed by atoms with Crippen LogP contribution in [0.15, 0.2) is 22.7 Å². The molecule has 0 aliphatic heterocycles. The smallest absolute Gasteiger partial charge is 0.166 e. The Morgan fingerprint density at radius 3 is 2.81 bits per heavy atom. The maximum atomic E-state index is 12.0. The van der Waals surface area contributed by atoms with Crippen molar-refractivity contribution in [1.29, 1.82) is 0 Å². The van der Waals surface area contributed by atoms with Gasteiger partial charge in [-0.15, -0.1) is 0 Å². The number of hydrogen-bond donors (Lipinski definition) is 0. The average Bonchev–Trinajstić information content (AvgIpc) is 2.23. The van der Waals surface area contributed by atoms with Crippen LogP contribution in [-0.4, -0.2) is 12.9 Å². The van der Waals surface area contributed by atoms with Crippen LogP contribution < -0.4 is 4.74 Å². The van der Waals surface area contributed by atoms with Gasteiger partial charge in [-0.25, -0.2) is 0 Å². The Kier molecular flexibility index (Phi) is 3.64. The summed E-state index contributed by atoms with van der Waals surface area (Å²) in [5, 5.41) is 0. The van der Waals surface area contributed by atoms with E-state index in [2.05, 4.69) is 15.9 Å². The summed E-state index contributed by atoms with van der Waals surface area (Å²) in [6.07, 6.45) is 4.34. The van der Waals surface area contributed by atoms with E-state index in [0.29, 0.717) is 23.7 Å². The molecule has 0 spiro atoms. The zero-order valence-corrected chi connectivity index (χ0v) is 10.9. The van der Waals surface area contributed by atoms with Crippen molar-refractivity contribution in [3.05, 3.63) is 28.2 Å². The lowest BCUT2D eigenvalue weighted by Gasteiger charge is -2.24. The standard InChI is InChI=1S/C13H15BrO2/c1-16-13-8-10(14)5-6-11(13)12(15)7-9-3-2-4-9/h5-6,8-9H,2-4,7H2,1H3. The van der Waals surface area contributed by atoms with Gasteiger partial charge in [-0.1, -0.05) is 35.2 Å². The maximum Gasteiger partial charge on any atom is 0.166 e. The monoisotopic (exact) mass is 282 g/mol. The van der Waals surface area contributed by atoms with Crippen LogP contribution in [0.1, 0.15) is 36.0 Å². The fourth-order valence-corrected chi connectivity index (χ4v) is 2.30. The highest BCUT2D eigenvalue weighted by Crippen LogP contribution is 2.32. The molecule has 0 bridgehead atoms. The lowest BCUT2D eigenvalue weighted by Crippen LogP contribution is -2.16. The van der Waals surface area contributed by atoms with Crippen molar-refractivity contribution in [1.82, 2.24) is 0 Å². The molecule has 1 fully saturated rings. The fourth-order valence-electron chi connectivity index (χ4n) is 1.96. The number of ketones is 1. The van der Waals surface area contributed by atoms with Crippen molar-refractivity contribution in [2.75, 3.05) is 7.11 Å². The molecule has 0 N–H and O–H groups in total. The Hall–Kier alpha value is -0.830. The first-order valence-corrected chi connectivity index (χ1v) is 6.36. The first kappa shape index (κ1) is 11.6. The minimum Gasteiger partial charge on any atom is -0.496 e. The van der Waals surface area contributed by atoms with Gasteiger partial charge in [0.15, 0.2) is 5.78 Å². The van der Waals surface area contributed by atoms with Gasteiger partial charge in [-0.2, -0.15) is 0 Å². The molecule has 86 valence electrons. The van der Waals surface area contributed by atoms with Crippen molar-refractivity contribution >= 4 is 21.7 Å². The molecule has 0 amide bonds. The van der Waals surface area contributed by atoms with Crippen LogP contribution in [0.25, 0.3) is 0 Å². The summed E-state index contributed by atoms with van der Waals surface area (Å²) in [5.41, 5.74) is 0.706. The summed E-state index contributed by atoms with van der Waals surface area (Å²) in [4.78, 5) is 12.0. The Morgan fingerprint density at radius 1 is 1.50 bits per heavy atom. The molecular weight excluding hydrogens is 268 g/mol. The number of rotatable bonds is 4. The zero-order valence-electron chi connectivity index (χ0n) is 9.33. The SMILES string of the molecule is COc1cc(Br)ccc1C(=O)CC1CCC1. The maximum absolute atomic E-state index is 12.0. The van der Waals surface area contributed by atoms with Crippen LogP contribution in [0.3, 0.4) is 0 Å².